The van der Waals surface area contributed by atoms with E-state index in [1.54, 1.807) is 6.92 Å². The van der Waals surface area contributed by atoms with Crippen molar-refractivity contribution in [2.75, 3.05) is 5.32 Å². The summed E-state index contributed by atoms with van der Waals surface area (Å²) in [6.45, 7) is 3.62. The first-order chi connectivity index (χ1) is 6.49. The lowest BCUT2D eigenvalue weighted by molar-refractivity contribution is -0.117. The lowest BCUT2D eigenvalue weighted by Crippen LogP contribution is -2.32. The van der Waals surface area contributed by atoms with Crippen molar-refractivity contribution in [3.05, 3.63) is 28.2 Å². The second-order valence-electron chi connectivity index (χ2n) is 3.30. The predicted octanol–water partition coefficient (Wildman–Crippen LogP) is 2.04. The van der Waals surface area contributed by atoms with Gasteiger partial charge in [-0.25, -0.2) is 0 Å². The summed E-state index contributed by atoms with van der Waals surface area (Å²) in [5, 5.41) is 2.73. The molecule has 0 aliphatic carbocycles. The summed E-state index contributed by atoms with van der Waals surface area (Å²) in [4.78, 5) is 11.3. The maximum Gasteiger partial charge on any atom is 0.240 e. The number of carbonyl (C=O) groups is 1. The zero-order chi connectivity index (χ0) is 10.7. The van der Waals surface area contributed by atoms with E-state index in [4.69, 9.17) is 5.73 Å². The van der Waals surface area contributed by atoms with Gasteiger partial charge in [0.15, 0.2) is 0 Å². The molecule has 0 unspecified atom stereocenters. The minimum Gasteiger partial charge on any atom is -0.325 e. The van der Waals surface area contributed by atoms with Gasteiger partial charge in [-0.05, 0) is 37.6 Å². The Kier molecular flexibility index (Phi) is 3.66. The lowest BCUT2D eigenvalue weighted by atomic mass is 10.2. The van der Waals surface area contributed by atoms with Crippen LogP contribution in [-0.2, 0) is 4.79 Å². The highest BCUT2D eigenvalue weighted by Gasteiger charge is 2.07. The average molecular weight is 257 g/mol. The number of rotatable bonds is 2. The Morgan fingerprint density at radius 1 is 1.50 bits per heavy atom. The van der Waals surface area contributed by atoms with Crippen molar-refractivity contribution in [3.63, 3.8) is 0 Å². The number of nitrogens with one attached hydrogen (secondary N) is 1. The third-order valence-corrected chi connectivity index (χ3v) is 2.18. The van der Waals surface area contributed by atoms with Gasteiger partial charge >= 0.3 is 0 Å². The van der Waals surface area contributed by atoms with Gasteiger partial charge in [0, 0.05) is 10.2 Å². The van der Waals surface area contributed by atoms with Crippen LogP contribution < -0.4 is 11.1 Å². The zero-order valence-corrected chi connectivity index (χ0v) is 9.76. The number of anilines is 1. The lowest BCUT2D eigenvalue weighted by Gasteiger charge is -2.08. The fourth-order valence-corrected chi connectivity index (χ4v) is 1.67. The number of aryl methyl sites for hydroxylation is 1. The van der Waals surface area contributed by atoms with Crippen LogP contribution in [-0.4, -0.2) is 11.9 Å². The number of hydrogen-bond donors (Lipinski definition) is 2. The highest BCUT2D eigenvalue weighted by Crippen LogP contribution is 2.18. The third-order valence-electron chi connectivity index (χ3n) is 1.72. The first kappa shape index (κ1) is 11.2. The number of halogens is 1. The molecule has 0 saturated heterocycles. The molecule has 1 atom stereocenters. The molecule has 0 fully saturated rings. The Hall–Kier alpha value is -0.870. The van der Waals surface area contributed by atoms with Gasteiger partial charge in [0.25, 0.3) is 0 Å². The topological polar surface area (TPSA) is 55.1 Å². The molecule has 1 aromatic rings. The number of carbonyl (C=O) groups excluding carboxylic acids is 1. The molecule has 3 nitrogen and oxygen atoms in total. The molecule has 0 bridgehead atoms. The number of hydrogen-bond acceptors (Lipinski definition) is 2. The number of amides is 1. The summed E-state index contributed by atoms with van der Waals surface area (Å²) in [6.07, 6.45) is 0. The van der Waals surface area contributed by atoms with Crippen LogP contribution in [0.25, 0.3) is 0 Å². The van der Waals surface area contributed by atoms with E-state index in [-0.39, 0.29) is 5.91 Å². The van der Waals surface area contributed by atoms with Crippen LogP contribution in [0.4, 0.5) is 5.69 Å². The molecule has 76 valence electrons. The Morgan fingerprint density at radius 3 is 2.64 bits per heavy atom. The fourth-order valence-electron chi connectivity index (χ4n) is 1.06. The monoisotopic (exact) mass is 256 g/mol. The summed E-state index contributed by atoms with van der Waals surface area (Å²) in [6, 6.07) is 5.22. The van der Waals surface area contributed by atoms with Gasteiger partial charge in [0.05, 0.1) is 6.04 Å². The Morgan fingerprint density at radius 2 is 2.14 bits per heavy atom. The molecule has 0 spiro atoms. The summed E-state index contributed by atoms with van der Waals surface area (Å²) < 4.78 is 0.942. The first-order valence-electron chi connectivity index (χ1n) is 4.32. The van der Waals surface area contributed by atoms with Gasteiger partial charge in [-0.3, -0.25) is 4.79 Å². The SMILES string of the molecule is Cc1cc(Br)cc(NC(=O)[C@H](C)N)c1. The van der Waals surface area contributed by atoms with Gasteiger partial charge in [-0.2, -0.15) is 0 Å². The van der Waals surface area contributed by atoms with Crippen LogP contribution in [0, 0.1) is 6.92 Å². The van der Waals surface area contributed by atoms with Crippen molar-refractivity contribution in [3.8, 4) is 0 Å². The fraction of sp³-hybridized carbons (Fsp3) is 0.300. The largest absolute Gasteiger partial charge is 0.325 e. The number of benzene rings is 1. The highest BCUT2D eigenvalue weighted by molar-refractivity contribution is 9.10. The summed E-state index contributed by atoms with van der Waals surface area (Å²) >= 11 is 3.36. The van der Waals surface area contributed by atoms with E-state index in [9.17, 15) is 4.79 Å². The van der Waals surface area contributed by atoms with Crippen LogP contribution in [0.15, 0.2) is 22.7 Å². The van der Waals surface area contributed by atoms with E-state index in [1.165, 1.54) is 0 Å². The van der Waals surface area contributed by atoms with E-state index in [1.807, 2.05) is 25.1 Å². The smallest absolute Gasteiger partial charge is 0.240 e. The Bertz CT molecular complexity index is 330. The molecule has 1 aromatic carbocycles. The molecule has 0 aromatic heterocycles. The minimum absolute atomic E-state index is 0.178. The molecular formula is C10H13BrN2O. The van der Waals surface area contributed by atoms with Crippen molar-refractivity contribution < 1.29 is 4.79 Å². The minimum atomic E-state index is -0.491. The predicted molar refractivity (Wildman–Crippen MR) is 61.2 cm³/mol. The van der Waals surface area contributed by atoms with E-state index < -0.39 is 6.04 Å². The maximum absolute atomic E-state index is 11.3. The van der Waals surface area contributed by atoms with Gasteiger partial charge in [0.1, 0.15) is 0 Å². The van der Waals surface area contributed by atoms with Crippen LogP contribution in [0.1, 0.15) is 12.5 Å². The summed E-state index contributed by atoms with van der Waals surface area (Å²) in [5.41, 5.74) is 7.28. The molecule has 1 amide bonds. The van der Waals surface area contributed by atoms with Crippen LogP contribution in [0.3, 0.4) is 0 Å². The third kappa shape index (κ3) is 3.12. The second-order valence-corrected chi connectivity index (χ2v) is 4.21. The van der Waals surface area contributed by atoms with Crippen molar-refractivity contribution in [2.45, 2.75) is 19.9 Å². The average Bonchev–Trinajstić information content (AvgIpc) is 2.01. The van der Waals surface area contributed by atoms with E-state index >= 15 is 0 Å². The molecule has 14 heavy (non-hydrogen) atoms. The maximum atomic E-state index is 11.3. The molecule has 0 aliphatic rings. The molecule has 0 saturated carbocycles. The quantitative estimate of drug-likeness (QED) is 0.851. The van der Waals surface area contributed by atoms with Crippen LogP contribution in [0.5, 0.6) is 0 Å². The van der Waals surface area contributed by atoms with Gasteiger partial charge < -0.3 is 11.1 Å². The Balaban J connectivity index is 2.82. The normalized spacial score (nSPS) is 12.3. The number of nitrogens with two attached hydrogens (primary N) is 1. The summed E-state index contributed by atoms with van der Waals surface area (Å²) in [5.74, 6) is -0.178. The zero-order valence-electron chi connectivity index (χ0n) is 8.17. The van der Waals surface area contributed by atoms with E-state index in [0.717, 1.165) is 15.7 Å². The molecule has 4 heteroatoms. The molecule has 0 heterocycles. The van der Waals surface area contributed by atoms with Gasteiger partial charge in [-0.1, -0.05) is 15.9 Å². The molecular weight excluding hydrogens is 244 g/mol. The highest BCUT2D eigenvalue weighted by atomic mass is 79.9. The molecule has 3 N–H and O–H groups in total. The van der Waals surface area contributed by atoms with E-state index in [0.29, 0.717) is 0 Å². The van der Waals surface area contributed by atoms with Crippen molar-refractivity contribution in [1.29, 1.82) is 0 Å². The summed E-state index contributed by atoms with van der Waals surface area (Å²) in [7, 11) is 0. The second kappa shape index (κ2) is 4.57. The Labute approximate surface area is 91.8 Å². The van der Waals surface area contributed by atoms with Crippen molar-refractivity contribution >= 4 is 27.5 Å². The van der Waals surface area contributed by atoms with Crippen molar-refractivity contribution in [2.24, 2.45) is 5.73 Å². The first-order valence-corrected chi connectivity index (χ1v) is 5.12. The van der Waals surface area contributed by atoms with Crippen molar-refractivity contribution in [1.82, 2.24) is 0 Å². The van der Waals surface area contributed by atoms with Gasteiger partial charge in [0.2, 0.25) is 5.91 Å². The molecule has 1 rings (SSSR count). The molecule has 0 radical (unpaired) electrons. The molecule has 0 aliphatic heterocycles. The van der Waals surface area contributed by atoms with Gasteiger partial charge in [-0.15, -0.1) is 0 Å². The van der Waals surface area contributed by atoms with E-state index in [2.05, 4.69) is 21.2 Å². The standard InChI is InChI=1S/C10H13BrN2O/c1-6-3-8(11)5-9(4-6)13-10(14)7(2)12/h3-5,7H,12H2,1-2H3,(H,13,14)/t7-/m0/s1. The van der Waals surface area contributed by atoms with Crippen LogP contribution in [0.2, 0.25) is 0 Å². The van der Waals surface area contributed by atoms with Crippen LogP contribution >= 0.6 is 15.9 Å².